The zero-order chi connectivity index (χ0) is 36.3. The number of nitrogens with one attached hydrogen (secondary N) is 1. The zero-order valence-corrected chi connectivity index (χ0v) is 28.1. The normalized spacial score (nSPS) is 17.0. The molecule has 0 spiro atoms. The average molecular weight is 745 g/mol. The highest BCUT2D eigenvalue weighted by Crippen LogP contribution is 2.43. The van der Waals surface area contributed by atoms with Gasteiger partial charge in [-0.15, -0.1) is 0 Å². The quantitative estimate of drug-likeness (QED) is 0.0545. The number of quaternary nitrogens is 3. The fourth-order valence-corrected chi connectivity index (χ4v) is 8.09. The van der Waals surface area contributed by atoms with E-state index in [1.807, 2.05) is 0 Å². The summed E-state index contributed by atoms with van der Waals surface area (Å²) in [6, 6.07) is 14.1. The van der Waals surface area contributed by atoms with E-state index in [1.54, 1.807) is 12.1 Å². The number of carbonyl (C=O) groups is 3. The Balaban J connectivity index is 1.71. The van der Waals surface area contributed by atoms with Gasteiger partial charge < -0.3 is 0 Å². The first kappa shape index (κ1) is 34.7. The fourth-order valence-electron chi connectivity index (χ4n) is 5.80. The standard InChI is InChI=1S/C30H25N5O12S3/c1-35-20-13-12-19(34-27-21(49(41,42)46-32)10-5-11-22(27)50(43,44)47-33)24-25(20)23(17-8-2-3-9-18(17)29(24)37)26(30(35)38)28(36)15-6-4-7-16(14-15)48(39,40)45-31/h2-14H,1,31-33H3/q+4/p+1. The molecule has 6 rings (SSSR count). The van der Waals surface area contributed by atoms with Crippen LogP contribution in [0.25, 0.3) is 5.57 Å². The van der Waals surface area contributed by atoms with Crippen LogP contribution in [0.5, 0.6) is 0 Å². The molecule has 2 aliphatic carbocycles. The number of hydrogen-bond acceptors (Lipinski definition) is 12. The van der Waals surface area contributed by atoms with Gasteiger partial charge in [0.15, 0.2) is 9.79 Å². The van der Waals surface area contributed by atoms with Crippen LogP contribution in [0.4, 0.5) is 5.69 Å². The van der Waals surface area contributed by atoms with E-state index < -0.39 is 73.8 Å². The lowest BCUT2D eigenvalue weighted by Gasteiger charge is -2.28. The van der Waals surface area contributed by atoms with Gasteiger partial charge in [0.1, 0.15) is 18.2 Å². The minimum Gasteiger partial charge on any atom is -0.288 e. The first-order valence-corrected chi connectivity index (χ1v) is 18.3. The van der Waals surface area contributed by atoms with Gasteiger partial charge >= 0.3 is 36.3 Å². The number of benzene rings is 3. The van der Waals surface area contributed by atoms with Crippen LogP contribution in [0.15, 0.2) is 110 Å². The highest BCUT2D eigenvalue weighted by molar-refractivity contribution is 7.87. The Bertz CT molecular complexity index is 2550. The van der Waals surface area contributed by atoms with Crippen LogP contribution >= 0.6 is 0 Å². The lowest BCUT2D eigenvalue weighted by molar-refractivity contribution is -0.635. The molecule has 0 saturated heterocycles. The lowest BCUT2D eigenvalue weighted by Crippen LogP contribution is -2.69. The fraction of sp³-hybridized carbons (Fsp3) is 0.0333. The Morgan fingerprint density at radius 3 is 1.88 bits per heavy atom. The number of likely N-dealkylation sites (N-methyl/N-ethyl adjacent to an activating group) is 1. The Morgan fingerprint density at radius 2 is 1.28 bits per heavy atom. The summed E-state index contributed by atoms with van der Waals surface area (Å²) >= 11 is 0. The summed E-state index contributed by atoms with van der Waals surface area (Å²) in [5.74, 6) is 6.55. The SMILES string of the molecule is C[N+]1=C2C=CC(=[NH+]c3c(S(=O)(=O)O[NH3+])cccc3S(=O)(=O)O[NH3+])C3=C2C(=C(C(=O)c2cccc(S(=O)(=O)O[NH3+])c2)C1=O)c1ccccc1C3=O. The van der Waals surface area contributed by atoms with Crippen molar-refractivity contribution in [1.82, 2.24) is 0 Å². The van der Waals surface area contributed by atoms with Gasteiger partial charge in [-0.1, -0.05) is 55.3 Å². The molecule has 1 heterocycles. The molecule has 0 fully saturated rings. The van der Waals surface area contributed by atoms with Crippen LogP contribution < -0.4 is 22.7 Å². The van der Waals surface area contributed by atoms with E-state index in [2.05, 4.69) is 35.5 Å². The first-order chi connectivity index (χ1) is 23.6. The topological polar surface area (TPSA) is 281 Å². The largest absolute Gasteiger partial charge is 0.424 e. The number of amides is 1. The number of carbonyl (C=O) groups excluding carboxylic acids is 3. The van der Waals surface area contributed by atoms with E-state index in [1.165, 1.54) is 49.5 Å². The van der Waals surface area contributed by atoms with E-state index in [0.717, 1.165) is 28.8 Å². The van der Waals surface area contributed by atoms with Crippen molar-refractivity contribution < 1.29 is 79.7 Å². The maximum absolute atomic E-state index is 14.3. The number of rotatable bonds is 9. The third-order valence-electron chi connectivity index (χ3n) is 8.10. The molecule has 20 heteroatoms. The molecule has 3 aromatic rings. The molecule has 256 valence electrons. The number of ketones is 2. The van der Waals surface area contributed by atoms with Crippen LogP contribution in [0.3, 0.4) is 0 Å². The van der Waals surface area contributed by atoms with Gasteiger partial charge in [0, 0.05) is 28.9 Å². The molecule has 1 amide bonds. The van der Waals surface area contributed by atoms with Crippen LogP contribution in [0, 0.1) is 0 Å². The van der Waals surface area contributed by atoms with Crippen molar-refractivity contribution >= 4 is 70.5 Å². The summed E-state index contributed by atoms with van der Waals surface area (Å²) in [6.45, 7) is 0. The van der Waals surface area contributed by atoms with Crippen molar-refractivity contribution in [2.24, 2.45) is 0 Å². The van der Waals surface area contributed by atoms with E-state index in [-0.39, 0.29) is 44.8 Å². The van der Waals surface area contributed by atoms with E-state index in [4.69, 9.17) is 0 Å². The van der Waals surface area contributed by atoms with Crippen molar-refractivity contribution in [3.8, 4) is 0 Å². The van der Waals surface area contributed by atoms with E-state index in [9.17, 15) is 39.6 Å². The highest BCUT2D eigenvalue weighted by Gasteiger charge is 2.49. The van der Waals surface area contributed by atoms with Gasteiger partial charge in [0.05, 0.1) is 10.5 Å². The van der Waals surface area contributed by atoms with Crippen molar-refractivity contribution in [2.45, 2.75) is 14.7 Å². The molecule has 0 unspecified atom stereocenters. The number of Topliss-reactive ketones (excluding diaryl/α,β-unsaturated/α-hetero) is 2. The predicted molar refractivity (Wildman–Crippen MR) is 166 cm³/mol. The highest BCUT2D eigenvalue weighted by atomic mass is 32.2. The average Bonchev–Trinajstić information content (AvgIpc) is 3.12. The third kappa shape index (κ3) is 5.40. The molecule has 0 atom stereocenters. The van der Waals surface area contributed by atoms with Gasteiger partial charge in [-0.2, -0.15) is 47.5 Å². The summed E-state index contributed by atoms with van der Waals surface area (Å²) in [4.78, 5) is 43.6. The smallest absolute Gasteiger partial charge is 0.288 e. The molecule has 3 aliphatic rings. The van der Waals surface area contributed by atoms with E-state index in [0.29, 0.717) is 0 Å². The molecule has 0 saturated carbocycles. The summed E-state index contributed by atoms with van der Waals surface area (Å²) < 4.78 is 90.7. The second kappa shape index (κ2) is 12.3. The van der Waals surface area contributed by atoms with Gasteiger partial charge in [-0.3, -0.25) is 9.59 Å². The van der Waals surface area contributed by atoms with Gasteiger partial charge in [0.2, 0.25) is 28.7 Å². The number of allylic oxidation sites excluding steroid dienone is 5. The molecule has 1 aliphatic heterocycles. The van der Waals surface area contributed by atoms with Gasteiger partial charge in [-0.05, 0) is 29.8 Å². The van der Waals surface area contributed by atoms with Crippen molar-refractivity contribution in [1.29, 1.82) is 0 Å². The maximum Gasteiger partial charge on any atom is 0.424 e. The molecule has 10 N–H and O–H groups in total. The minimum atomic E-state index is -4.68. The molecule has 17 nitrogen and oxygen atoms in total. The molecule has 0 radical (unpaired) electrons. The van der Waals surface area contributed by atoms with Crippen LogP contribution in [-0.4, -0.2) is 65.8 Å². The number of hydrogen-bond donors (Lipinski definition) is 4. The molecular formula is C30H26N5O12S3+5. The Hall–Kier alpha value is -5.16. The second-order valence-electron chi connectivity index (χ2n) is 10.7. The van der Waals surface area contributed by atoms with Crippen molar-refractivity contribution in [2.75, 3.05) is 7.05 Å². The molecular weight excluding hydrogens is 719 g/mol. The minimum absolute atomic E-state index is 0.0274. The number of fused-ring (bicyclic) bond motifs is 2. The summed E-state index contributed by atoms with van der Waals surface area (Å²) in [7, 11) is -12.3. The maximum atomic E-state index is 14.3. The number of nitrogens with zero attached hydrogens (tertiary/aromatic N) is 1. The lowest BCUT2D eigenvalue weighted by atomic mass is 9.72. The Morgan fingerprint density at radius 1 is 0.700 bits per heavy atom. The second-order valence-corrected chi connectivity index (χ2v) is 15.5. The first-order valence-electron chi connectivity index (χ1n) is 14.0. The zero-order valence-electron chi connectivity index (χ0n) is 25.7. The predicted octanol–water partition coefficient (Wildman–Crippen LogP) is -3.55. The summed E-state index contributed by atoms with van der Waals surface area (Å²) in [5, 5.41) is 0. The van der Waals surface area contributed by atoms with Crippen molar-refractivity contribution in [3.63, 3.8) is 0 Å². The summed E-state index contributed by atoms with van der Waals surface area (Å²) in [5.41, 5.74) is -0.900. The molecule has 50 heavy (non-hydrogen) atoms. The van der Waals surface area contributed by atoms with Crippen LogP contribution in [0.1, 0.15) is 26.3 Å². The van der Waals surface area contributed by atoms with E-state index >= 15 is 0 Å². The Labute approximate surface area is 283 Å². The van der Waals surface area contributed by atoms with Crippen LogP contribution in [0.2, 0.25) is 0 Å². The Kier molecular flexibility index (Phi) is 8.54. The molecule has 0 bridgehead atoms. The molecule has 0 aromatic heterocycles. The van der Waals surface area contributed by atoms with Crippen molar-refractivity contribution in [3.05, 3.63) is 112 Å². The van der Waals surface area contributed by atoms with Gasteiger partial charge in [0.25, 0.3) is 0 Å². The third-order valence-corrected chi connectivity index (χ3v) is 11.6. The molecule has 3 aromatic carbocycles. The monoisotopic (exact) mass is 744 g/mol. The number of para-hydroxylation sites is 1. The van der Waals surface area contributed by atoms with Crippen LogP contribution in [-0.2, 0) is 48.0 Å². The van der Waals surface area contributed by atoms with Gasteiger partial charge in [-0.25, -0.2) is 9.79 Å². The summed E-state index contributed by atoms with van der Waals surface area (Å²) in [6.07, 6.45) is 2.75.